The van der Waals surface area contributed by atoms with Gasteiger partial charge in [0, 0.05) is 25.4 Å². The number of benzene rings is 1. The number of halogens is 4. The summed E-state index contributed by atoms with van der Waals surface area (Å²) in [5, 5.41) is 2.91. The summed E-state index contributed by atoms with van der Waals surface area (Å²) < 4.78 is 50.4. The van der Waals surface area contributed by atoms with Gasteiger partial charge < -0.3 is 10.2 Å². The Morgan fingerprint density at radius 3 is 2.82 bits per heavy atom. The maximum Gasteiger partial charge on any atom is 0.389 e. The van der Waals surface area contributed by atoms with Crippen LogP contribution in [0.1, 0.15) is 18.4 Å². The molecule has 22 heavy (non-hydrogen) atoms. The first-order valence-electron chi connectivity index (χ1n) is 6.90. The first-order valence-corrected chi connectivity index (χ1v) is 6.90. The second-order valence-corrected chi connectivity index (χ2v) is 5.10. The van der Waals surface area contributed by atoms with Crippen molar-refractivity contribution in [3.05, 3.63) is 41.9 Å². The zero-order valence-corrected chi connectivity index (χ0v) is 12.1. The Hall–Kier alpha value is -2.05. The van der Waals surface area contributed by atoms with Crippen LogP contribution in [-0.4, -0.2) is 30.1 Å². The Morgan fingerprint density at radius 2 is 2.09 bits per heavy atom. The van der Waals surface area contributed by atoms with Gasteiger partial charge in [-0.3, -0.25) is 0 Å². The van der Waals surface area contributed by atoms with Crippen LogP contribution in [0.3, 0.4) is 0 Å². The molecule has 1 aliphatic heterocycles. The van der Waals surface area contributed by atoms with Crippen LogP contribution >= 0.6 is 0 Å². The molecule has 2 rings (SSSR count). The van der Waals surface area contributed by atoms with Crippen molar-refractivity contribution in [3.63, 3.8) is 0 Å². The summed E-state index contributed by atoms with van der Waals surface area (Å²) in [5.41, 5.74) is 1.15. The molecule has 0 radical (unpaired) electrons. The zero-order chi connectivity index (χ0) is 16.2. The van der Waals surface area contributed by atoms with Crippen molar-refractivity contribution in [3.8, 4) is 0 Å². The highest BCUT2D eigenvalue weighted by molar-refractivity contribution is 5.72. The Morgan fingerprint density at radius 1 is 1.32 bits per heavy atom. The molecule has 1 atom stereocenters. The molecule has 0 bridgehead atoms. The summed E-state index contributed by atoms with van der Waals surface area (Å²) >= 11 is 0. The molecule has 1 N–H and O–H groups in total. The maximum atomic E-state index is 13.8. The second-order valence-electron chi connectivity index (χ2n) is 5.10. The van der Waals surface area contributed by atoms with Gasteiger partial charge in [0.25, 0.3) is 0 Å². The fraction of sp³-hybridized carbons (Fsp3) is 0.400. The van der Waals surface area contributed by atoms with E-state index < -0.39 is 24.7 Å². The fourth-order valence-electron chi connectivity index (χ4n) is 2.12. The van der Waals surface area contributed by atoms with Gasteiger partial charge >= 0.3 is 6.18 Å². The molecule has 0 aliphatic carbocycles. The van der Waals surface area contributed by atoms with Crippen molar-refractivity contribution in [2.24, 2.45) is 4.99 Å². The molecular weight excluding hydrogens is 298 g/mol. The van der Waals surface area contributed by atoms with Crippen LogP contribution in [0.25, 0.3) is 0 Å². The summed E-state index contributed by atoms with van der Waals surface area (Å²) in [7, 11) is 0. The number of nitrogens with one attached hydrogen (secondary N) is 1. The quantitative estimate of drug-likeness (QED) is 0.829. The average molecular weight is 315 g/mol. The number of aryl methyl sites for hydroxylation is 1. The first-order chi connectivity index (χ1) is 10.3. The molecule has 1 aromatic carbocycles. The average Bonchev–Trinajstić information content (AvgIpc) is 2.43. The number of nitrogens with zero attached hydrogens (tertiary/aromatic N) is 2. The fourth-order valence-corrected chi connectivity index (χ4v) is 2.12. The number of allylic oxidation sites excluding steroid dienone is 1. The van der Waals surface area contributed by atoms with Crippen molar-refractivity contribution < 1.29 is 17.6 Å². The summed E-state index contributed by atoms with van der Waals surface area (Å²) in [4.78, 5) is 5.77. The maximum absolute atomic E-state index is 13.8. The van der Waals surface area contributed by atoms with Gasteiger partial charge in [-0.2, -0.15) is 13.2 Å². The van der Waals surface area contributed by atoms with Gasteiger partial charge in [-0.25, -0.2) is 9.38 Å². The Kier molecular flexibility index (Phi) is 5.05. The minimum atomic E-state index is -4.17. The van der Waals surface area contributed by atoms with E-state index in [0.29, 0.717) is 0 Å². The molecule has 1 heterocycles. The van der Waals surface area contributed by atoms with Gasteiger partial charge in [0.05, 0.1) is 5.69 Å². The van der Waals surface area contributed by atoms with E-state index >= 15 is 0 Å². The lowest BCUT2D eigenvalue weighted by molar-refractivity contribution is -0.136. The molecule has 0 amide bonds. The van der Waals surface area contributed by atoms with Gasteiger partial charge in [0.2, 0.25) is 0 Å². The summed E-state index contributed by atoms with van der Waals surface area (Å²) in [6, 6.07) is 4.62. The highest BCUT2D eigenvalue weighted by Crippen LogP contribution is 2.23. The highest BCUT2D eigenvalue weighted by atomic mass is 19.4. The predicted octanol–water partition coefficient (Wildman–Crippen LogP) is 4.07. The first kappa shape index (κ1) is 16.3. The minimum absolute atomic E-state index is 0.0438. The lowest BCUT2D eigenvalue weighted by Crippen LogP contribution is -2.38. The van der Waals surface area contributed by atoms with Gasteiger partial charge in [0.15, 0.2) is 6.29 Å². The molecule has 1 aromatic rings. The third kappa shape index (κ3) is 4.75. The van der Waals surface area contributed by atoms with Crippen LogP contribution in [0.15, 0.2) is 35.5 Å². The topological polar surface area (TPSA) is 27.6 Å². The second kappa shape index (κ2) is 6.81. The molecule has 120 valence electrons. The number of alkyl halides is 3. The highest BCUT2D eigenvalue weighted by Gasteiger charge is 2.27. The number of hydrogen-bond donors (Lipinski definition) is 1. The van der Waals surface area contributed by atoms with E-state index in [2.05, 4.69) is 10.3 Å². The monoisotopic (exact) mass is 315 g/mol. The van der Waals surface area contributed by atoms with Crippen LogP contribution in [0.2, 0.25) is 0 Å². The van der Waals surface area contributed by atoms with Crippen molar-refractivity contribution in [1.29, 1.82) is 0 Å². The molecular formula is C15H17F4N3. The van der Waals surface area contributed by atoms with E-state index in [4.69, 9.17) is 0 Å². The lowest BCUT2D eigenvalue weighted by Gasteiger charge is -2.31. The molecule has 3 nitrogen and oxygen atoms in total. The standard InChI is InChI=1S/C15H17F4N3/c1-11-4-5-12(16)13(10-11)21-14-20-7-3-9-22(14)8-2-6-15(17,18)19/h3-5,7,9-10,14,21H,2,6,8H2,1H3. The Balaban J connectivity index is 2.00. The SMILES string of the molecule is Cc1ccc(F)c(NC2N=CC=CN2CCCC(F)(F)F)c1. The van der Waals surface area contributed by atoms with Crippen molar-refractivity contribution in [1.82, 2.24) is 4.90 Å². The van der Waals surface area contributed by atoms with Gasteiger partial charge in [-0.15, -0.1) is 0 Å². The zero-order valence-electron chi connectivity index (χ0n) is 12.1. The summed E-state index contributed by atoms with van der Waals surface area (Å²) in [6.45, 7) is 2.01. The lowest BCUT2D eigenvalue weighted by atomic mass is 10.2. The van der Waals surface area contributed by atoms with E-state index in [9.17, 15) is 17.6 Å². The molecule has 0 aromatic heterocycles. The summed E-state index contributed by atoms with van der Waals surface area (Å²) in [5.74, 6) is -0.425. The Labute approximate surface area is 126 Å². The van der Waals surface area contributed by atoms with Crippen LogP contribution in [0.4, 0.5) is 23.2 Å². The smallest absolute Gasteiger partial charge is 0.344 e. The number of anilines is 1. The van der Waals surface area contributed by atoms with Crippen LogP contribution in [0, 0.1) is 12.7 Å². The molecule has 1 aliphatic rings. The predicted molar refractivity (Wildman–Crippen MR) is 78.2 cm³/mol. The summed E-state index contributed by atoms with van der Waals surface area (Å²) in [6.07, 6.45) is -0.869. The molecule has 0 fully saturated rings. The van der Waals surface area contributed by atoms with Crippen LogP contribution < -0.4 is 5.32 Å². The van der Waals surface area contributed by atoms with Crippen molar-refractivity contribution in [2.75, 3.05) is 11.9 Å². The van der Waals surface area contributed by atoms with Crippen LogP contribution in [-0.2, 0) is 0 Å². The van der Waals surface area contributed by atoms with Crippen LogP contribution in [0.5, 0.6) is 0 Å². The van der Waals surface area contributed by atoms with Crippen molar-refractivity contribution in [2.45, 2.75) is 32.2 Å². The van der Waals surface area contributed by atoms with Gasteiger partial charge in [-0.05, 0) is 37.1 Å². The van der Waals surface area contributed by atoms with E-state index in [-0.39, 0.29) is 18.7 Å². The third-order valence-electron chi connectivity index (χ3n) is 3.19. The molecule has 0 spiro atoms. The Bertz CT molecular complexity index is 566. The van der Waals surface area contributed by atoms with E-state index in [1.165, 1.54) is 12.3 Å². The number of hydrogen-bond acceptors (Lipinski definition) is 3. The van der Waals surface area contributed by atoms with E-state index in [0.717, 1.165) is 5.56 Å². The minimum Gasteiger partial charge on any atom is -0.344 e. The number of aliphatic imine (C=N–C) groups is 1. The van der Waals surface area contributed by atoms with Gasteiger partial charge in [-0.1, -0.05) is 6.07 Å². The van der Waals surface area contributed by atoms with Crippen molar-refractivity contribution >= 4 is 11.9 Å². The largest absolute Gasteiger partial charge is 0.389 e. The number of rotatable bonds is 5. The molecule has 0 saturated heterocycles. The molecule has 1 unspecified atom stereocenters. The van der Waals surface area contributed by atoms with E-state index in [1.54, 1.807) is 29.3 Å². The molecule has 0 saturated carbocycles. The van der Waals surface area contributed by atoms with Gasteiger partial charge in [0.1, 0.15) is 5.82 Å². The third-order valence-corrected chi connectivity index (χ3v) is 3.19. The molecule has 7 heteroatoms. The normalized spacial score (nSPS) is 17.9. The van der Waals surface area contributed by atoms with E-state index in [1.807, 2.05) is 6.92 Å².